The van der Waals surface area contributed by atoms with E-state index in [4.69, 9.17) is 4.74 Å². The highest BCUT2D eigenvalue weighted by Crippen LogP contribution is 2.21. The second kappa shape index (κ2) is 5.86. The van der Waals surface area contributed by atoms with E-state index in [2.05, 4.69) is 12.2 Å². The molecule has 1 heterocycles. The van der Waals surface area contributed by atoms with Crippen LogP contribution in [0.3, 0.4) is 0 Å². The molecule has 0 aromatic carbocycles. The minimum absolute atomic E-state index is 0.587. The fourth-order valence-corrected chi connectivity index (χ4v) is 2.31. The molecular formula is C13H25NO. The van der Waals surface area contributed by atoms with Crippen molar-refractivity contribution in [1.29, 1.82) is 0 Å². The highest BCUT2D eigenvalue weighted by molar-refractivity contribution is 4.80. The average Bonchev–Trinajstić information content (AvgIpc) is 2.91. The molecule has 0 aromatic heterocycles. The molecule has 0 radical (unpaired) electrons. The Balaban J connectivity index is 1.45. The second-order valence-corrected chi connectivity index (χ2v) is 5.33. The molecule has 2 atom stereocenters. The van der Waals surface area contributed by atoms with Gasteiger partial charge in [-0.2, -0.15) is 0 Å². The number of nitrogens with one attached hydrogen (secondary N) is 1. The summed E-state index contributed by atoms with van der Waals surface area (Å²) >= 11 is 0. The van der Waals surface area contributed by atoms with Crippen molar-refractivity contribution >= 4 is 0 Å². The fraction of sp³-hybridized carbons (Fsp3) is 1.00. The van der Waals surface area contributed by atoms with Gasteiger partial charge in [0.15, 0.2) is 0 Å². The first-order valence-electron chi connectivity index (χ1n) is 6.69. The summed E-state index contributed by atoms with van der Waals surface area (Å²) < 4.78 is 5.64. The maximum absolute atomic E-state index is 5.64. The summed E-state index contributed by atoms with van der Waals surface area (Å²) in [6.45, 7) is 4.60. The summed E-state index contributed by atoms with van der Waals surface area (Å²) in [4.78, 5) is 0. The average molecular weight is 211 g/mol. The summed E-state index contributed by atoms with van der Waals surface area (Å²) in [6, 6.07) is 0.871. The van der Waals surface area contributed by atoms with Gasteiger partial charge in [-0.15, -0.1) is 0 Å². The van der Waals surface area contributed by atoms with Gasteiger partial charge in [0, 0.05) is 12.6 Å². The van der Waals surface area contributed by atoms with Crippen LogP contribution >= 0.6 is 0 Å². The molecule has 2 fully saturated rings. The molecule has 2 rings (SSSR count). The Labute approximate surface area is 93.8 Å². The molecular weight excluding hydrogens is 186 g/mol. The standard InChI is InChI=1S/C13H25NO/c1-11(8-9-14-12-5-6-12)4-7-13-3-2-10-15-13/h11-14H,2-10H2,1H3. The molecule has 1 aliphatic carbocycles. The van der Waals surface area contributed by atoms with Crippen LogP contribution in [-0.2, 0) is 4.74 Å². The van der Waals surface area contributed by atoms with Crippen LogP contribution in [0.4, 0.5) is 0 Å². The molecule has 0 bridgehead atoms. The number of hydrogen-bond donors (Lipinski definition) is 1. The third kappa shape index (κ3) is 4.52. The third-order valence-electron chi connectivity index (χ3n) is 3.65. The summed E-state index contributed by atoms with van der Waals surface area (Å²) in [6.07, 6.45) is 9.94. The summed E-state index contributed by atoms with van der Waals surface area (Å²) in [5, 5.41) is 3.58. The highest BCUT2D eigenvalue weighted by atomic mass is 16.5. The van der Waals surface area contributed by atoms with Crippen LogP contribution in [0.1, 0.15) is 51.9 Å². The molecule has 15 heavy (non-hydrogen) atoms. The first-order chi connectivity index (χ1) is 7.34. The van der Waals surface area contributed by atoms with E-state index in [0.717, 1.165) is 18.6 Å². The molecule has 0 spiro atoms. The van der Waals surface area contributed by atoms with Gasteiger partial charge in [0.1, 0.15) is 0 Å². The van der Waals surface area contributed by atoms with Crippen LogP contribution in [-0.4, -0.2) is 25.3 Å². The third-order valence-corrected chi connectivity index (χ3v) is 3.65. The monoisotopic (exact) mass is 211 g/mol. The maximum Gasteiger partial charge on any atom is 0.0576 e. The van der Waals surface area contributed by atoms with Gasteiger partial charge < -0.3 is 10.1 Å². The van der Waals surface area contributed by atoms with E-state index in [0.29, 0.717) is 6.10 Å². The molecule has 2 aliphatic rings. The quantitative estimate of drug-likeness (QED) is 0.699. The van der Waals surface area contributed by atoms with Crippen LogP contribution in [0.2, 0.25) is 0 Å². The first kappa shape index (κ1) is 11.4. The lowest BCUT2D eigenvalue weighted by Gasteiger charge is -2.14. The Hall–Kier alpha value is -0.0800. The van der Waals surface area contributed by atoms with E-state index >= 15 is 0 Å². The summed E-state index contributed by atoms with van der Waals surface area (Å²) in [5.74, 6) is 0.862. The van der Waals surface area contributed by atoms with E-state index in [-0.39, 0.29) is 0 Å². The van der Waals surface area contributed by atoms with Crippen LogP contribution in [0.5, 0.6) is 0 Å². The van der Waals surface area contributed by atoms with Gasteiger partial charge in [-0.25, -0.2) is 0 Å². The van der Waals surface area contributed by atoms with Crippen LogP contribution in [0.25, 0.3) is 0 Å². The van der Waals surface area contributed by atoms with Crippen molar-refractivity contribution < 1.29 is 4.74 Å². The predicted molar refractivity (Wildman–Crippen MR) is 63.0 cm³/mol. The zero-order chi connectivity index (χ0) is 10.5. The van der Waals surface area contributed by atoms with E-state index in [1.807, 2.05) is 0 Å². The van der Waals surface area contributed by atoms with Gasteiger partial charge in [0.05, 0.1) is 6.10 Å². The van der Waals surface area contributed by atoms with Gasteiger partial charge >= 0.3 is 0 Å². The first-order valence-corrected chi connectivity index (χ1v) is 6.69. The van der Waals surface area contributed by atoms with Crippen LogP contribution in [0.15, 0.2) is 0 Å². The molecule has 1 N–H and O–H groups in total. The lowest BCUT2D eigenvalue weighted by atomic mass is 9.98. The molecule has 1 saturated carbocycles. The van der Waals surface area contributed by atoms with Crippen molar-refractivity contribution in [1.82, 2.24) is 5.32 Å². The minimum atomic E-state index is 0.587. The van der Waals surface area contributed by atoms with Gasteiger partial charge in [-0.3, -0.25) is 0 Å². The molecule has 1 aliphatic heterocycles. The van der Waals surface area contributed by atoms with Crippen molar-refractivity contribution in [2.45, 2.75) is 64.0 Å². The van der Waals surface area contributed by atoms with Crippen molar-refractivity contribution in [3.8, 4) is 0 Å². The molecule has 0 amide bonds. The summed E-state index contributed by atoms with van der Waals surface area (Å²) in [7, 11) is 0. The molecule has 2 heteroatoms. The maximum atomic E-state index is 5.64. The Morgan fingerprint density at radius 2 is 2.13 bits per heavy atom. The Morgan fingerprint density at radius 3 is 2.80 bits per heavy atom. The zero-order valence-electron chi connectivity index (χ0n) is 10.0. The van der Waals surface area contributed by atoms with Gasteiger partial charge in [-0.1, -0.05) is 6.92 Å². The number of ether oxygens (including phenoxy) is 1. The lowest BCUT2D eigenvalue weighted by molar-refractivity contribution is 0.0983. The van der Waals surface area contributed by atoms with E-state index in [1.54, 1.807) is 0 Å². The molecule has 88 valence electrons. The van der Waals surface area contributed by atoms with Gasteiger partial charge in [0.2, 0.25) is 0 Å². The number of hydrogen-bond acceptors (Lipinski definition) is 2. The zero-order valence-corrected chi connectivity index (χ0v) is 10.0. The molecule has 1 saturated heterocycles. The van der Waals surface area contributed by atoms with Crippen LogP contribution in [0, 0.1) is 5.92 Å². The van der Waals surface area contributed by atoms with Gasteiger partial charge in [-0.05, 0) is 57.4 Å². The number of rotatable bonds is 7. The highest BCUT2D eigenvalue weighted by Gasteiger charge is 2.20. The van der Waals surface area contributed by atoms with Crippen molar-refractivity contribution in [2.75, 3.05) is 13.2 Å². The van der Waals surface area contributed by atoms with E-state index in [9.17, 15) is 0 Å². The fourth-order valence-electron chi connectivity index (χ4n) is 2.31. The second-order valence-electron chi connectivity index (χ2n) is 5.33. The van der Waals surface area contributed by atoms with Crippen molar-refractivity contribution in [2.24, 2.45) is 5.92 Å². The van der Waals surface area contributed by atoms with E-state index in [1.165, 1.54) is 51.5 Å². The summed E-state index contributed by atoms with van der Waals surface area (Å²) in [5.41, 5.74) is 0. The lowest BCUT2D eigenvalue weighted by Crippen LogP contribution is -2.19. The smallest absolute Gasteiger partial charge is 0.0576 e. The van der Waals surface area contributed by atoms with Crippen LogP contribution < -0.4 is 5.32 Å². The molecule has 2 unspecified atom stereocenters. The Bertz CT molecular complexity index is 173. The topological polar surface area (TPSA) is 21.3 Å². The van der Waals surface area contributed by atoms with Crippen molar-refractivity contribution in [3.05, 3.63) is 0 Å². The van der Waals surface area contributed by atoms with Crippen molar-refractivity contribution in [3.63, 3.8) is 0 Å². The van der Waals surface area contributed by atoms with E-state index < -0.39 is 0 Å². The predicted octanol–water partition coefficient (Wildman–Crippen LogP) is 2.72. The minimum Gasteiger partial charge on any atom is -0.378 e. The van der Waals surface area contributed by atoms with Gasteiger partial charge in [0.25, 0.3) is 0 Å². The molecule has 0 aromatic rings. The largest absolute Gasteiger partial charge is 0.378 e. The normalized spacial score (nSPS) is 28.2. The Kier molecular flexibility index (Phi) is 4.45. The Morgan fingerprint density at radius 1 is 1.27 bits per heavy atom. The SMILES string of the molecule is CC(CCNC1CC1)CCC1CCCO1. The molecule has 2 nitrogen and oxygen atoms in total.